The molecule has 2 rings (SSSR count). The third-order valence-corrected chi connectivity index (χ3v) is 3.47. The van der Waals surface area contributed by atoms with Gasteiger partial charge in [0.15, 0.2) is 5.69 Å². The van der Waals surface area contributed by atoms with Crippen LogP contribution in [0.4, 0.5) is 24.9 Å². The van der Waals surface area contributed by atoms with E-state index in [1.54, 1.807) is 19.2 Å². The summed E-state index contributed by atoms with van der Waals surface area (Å²) in [6.07, 6.45) is -4.55. The van der Waals surface area contributed by atoms with Gasteiger partial charge in [0, 0.05) is 25.7 Å². The molecule has 142 valence electrons. The summed E-state index contributed by atoms with van der Waals surface area (Å²) in [7, 11) is 5.30. The number of rotatable bonds is 8. The van der Waals surface area contributed by atoms with Crippen LogP contribution in [0.1, 0.15) is 11.3 Å². The Labute approximate surface area is 150 Å². The smallest absolute Gasteiger partial charge is 0.433 e. The van der Waals surface area contributed by atoms with Crippen molar-refractivity contribution in [1.82, 2.24) is 14.9 Å². The van der Waals surface area contributed by atoms with Gasteiger partial charge < -0.3 is 20.3 Å². The van der Waals surface area contributed by atoms with Crippen molar-refractivity contribution in [3.05, 3.63) is 41.6 Å². The molecular weight excluding hydrogens is 347 g/mol. The number of nitrogens with one attached hydrogen (secondary N) is 2. The van der Waals surface area contributed by atoms with Crippen LogP contribution in [0.5, 0.6) is 5.75 Å². The van der Waals surface area contributed by atoms with E-state index >= 15 is 0 Å². The minimum Gasteiger partial charge on any atom is -0.497 e. The third-order valence-electron chi connectivity index (χ3n) is 3.47. The number of alkyl halides is 3. The Morgan fingerprint density at radius 2 is 1.88 bits per heavy atom. The molecule has 1 heterocycles. The molecule has 0 saturated carbocycles. The number of methoxy groups -OCH3 is 1. The highest BCUT2D eigenvalue weighted by Gasteiger charge is 2.33. The molecule has 0 saturated heterocycles. The Kier molecular flexibility index (Phi) is 6.62. The lowest BCUT2D eigenvalue weighted by atomic mass is 10.2. The van der Waals surface area contributed by atoms with Crippen LogP contribution in [0, 0.1) is 0 Å². The molecule has 0 aliphatic rings. The van der Waals surface area contributed by atoms with Gasteiger partial charge in [0.25, 0.3) is 0 Å². The number of nitrogens with zero attached hydrogens (tertiary/aromatic N) is 3. The van der Waals surface area contributed by atoms with Gasteiger partial charge in [-0.3, -0.25) is 0 Å². The maximum absolute atomic E-state index is 13.1. The van der Waals surface area contributed by atoms with E-state index in [0.29, 0.717) is 25.4 Å². The number of benzene rings is 1. The number of halogens is 3. The molecule has 0 aliphatic carbocycles. The summed E-state index contributed by atoms with van der Waals surface area (Å²) in [6.45, 7) is 1.39. The van der Waals surface area contributed by atoms with Gasteiger partial charge in [-0.1, -0.05) is 12.1 Å². The van der Waals surface area contributed by atoms with Crippen molar-refractivity contribution in [1.29, 1.82) is 0 Å². The fraction of sp³-hybridized carbons (Fsp3) is 0.412. The summed E-state index contributed by atoms with van der Waals surface area (Å²) in [5.41, 5.74) is -0.133. The molecule has 0 radical (unpaired) electrons. The molecule has 26 heavy (non-hydrogen) atoms. The molecule has 1 aromatic carbocycles. The number of anilines is 2. The Morgan fingerprint density at radius 3 is 2.54 bits per heavy atom. The highest BCUT2D eigenvalue weighted by Crippen LogP contribution is 2.29. The van der Waals surface area contributed by atoms with E-state index < -0.39 is 11.9 Å². The molecule has 6 nitrogen and oxygen atoms in total. The molecule has 0 aliphatic heterocycles. The maximum Gasteiger partial charge on any atom is 0.433 e. The highest BCUT2D eigenvalue weighted by molar-refractivity contribution is 5.44. The largest absolute Gasteiger partial charge is 0.497 e. The first kappa shape index (κ1) is 19.8. The Bertz CT molecular complexity index is 722. The average Bonchev–Trinajstić information content (AvgIpc) is 2.59. The Hall–Kier alpha value is -2.55. The van der Waals surface area contributed by atoms with E-state index in [9.17, 15) is 13.2 Å². The molecule has 0 atom stereocenters. The van der Waals surface area contributed by atoms with Gasteiger partial charge in [0.1, 0.15) is 11.6 Å². The lowest BCUT2D eigenvalue weighted by molar-refractivity contribution is -0.141. The van der Waals surface area contributed by atoms with Gasteiger partial charge in [-0.2, -0.15) is 18.2 Å². The topological polar surface area (TPSA) is 62.3 Å². The van der Waals surface area contributed by atoms with Gasteiger partial charge in [-0.25, -0.2) is 4.98 Å². The van der Waals surface area contributed by atoms with E-state index in [4.69, 9.17) is 4.74 Å². The van der Waals surface area contributed by atoms with Crippen LogP contribution in [-0.2, 0) is 12.7 Å². The second-order valence-corrected chi connectivity index (χ2v) is 5.89. The zero-order chi connectivity index (χ0) is 19.2. The van der Waals surface area contributed by atoms with Gasteiger partial charge in [0.05, 0.1) is 7.11 Å². The highest BCUT2D eigenvalue weighted by atomic mass is 19.4. The fourth-order valence-corrected chi connectivity index (χ4v) is 2.13. The van der Waals surface area contributed by atoms with Crippen LogP contribution in [-0.4, -0.2) is 49.2 Å². The van der Waals surface area contributed by atoms with Crippen molar-refractivity contribution in [3.63, 3.8) is 0 Å². The second-order valence-electron chi connectivity index (χ2n) is 5.89. The summed E-state index contributed by atoms with van der Waals surface area (Å²) in [5.74, 6) is 0.714. The molecular formula is C17H22F3N5O. The molecule has 0 unspecified atom stereocenters. The van der Waals surface area contributed by atoms with Crippen molar-refractivity contribution in [2.75, 3.05) is 44.9 Å². The number of likely N-dealkylation sites (N-methyl/N-ethyl adjacent to an activating group) is 1. The molecule has 0 spiro atoms. The summed E-state index contributed by atoms with van der Waals surface area (Å²) in [6, 6.07) is 8.15. The normalized spacial score (nSPS) is 11.5. The van der Waals surface area contributed by atoms with E-state index in [1.807, 2.05) is 31.1 Å². The number of aromatic nitrogens is 2. The molecule has 9 heteroatoms. The zero-order valence-corrected chi connectivity index (χ0v) is 14.9. The molecule has 1 aromatic heterocycles. The second kappa shape index (κ2) is 8.70. The van der Waals surface area contributed by atoms with Crippen molar-refractivity contribution >= 4 is 11.8 Å². The average molecular weight is 369 g/mol. The molecule has 2 aromatic rings. The SMILES string of the molecule is COc1cccc(CNc2cc(C(F)(F)F)nc(NCCN(C)C)n2)c1. The van der Waals surface area contributed by atoms with E-state index in [0.717, 1.165) is 11.6 Å². The predicted molar refractivity (Wildman–Crippen MR) is 94.4 cm³/mol. The predicted octanol–water partition coefficient (Wildman–Crippen LogP) is 3.09. The lowest BCUT2D eigenvalue weighted by Gasteiger charge is -2.14. The van der Waals surface area contributed by atoms with Crippen LogP contribution < -0.4 is 15.4 Å². The van der Waals surface area contributed by atoms with Crippen LogP contribution in [0.15, 0.2) is 30.3 Å². The first-order valence-corrected chi connectivity index (χ1v) is 7.99. The van der Waals surface area contributed by atoms with Crippen LogP contribution >= 0.6 is 0 Å². The summed E-state index contributed by atoms with van der Waals surface area (Å²) in [5, 5.41) is 5.73. The van der Waals surface area contributed by atoms with Gasteiger partial charge in [-0.05, 0) is 31.8 Å². The van der Waals surface area contributed by atoms with Crippen molar-refractivity contribution < 1.29 is 17.9 Å². The van der Waals surface area contributed by atoms with E-state index in [2.05, 4.69) is 20.6 Å². The van der Waals surface area contributed by atoms with Gasteiger partial charge in [-0.15, -0.1) is 0 Å². The molecule has 0 bridgehead atoms. The first-order valence-electron chi connectivity index (χ1n) is 7.99. The van der Waals surface area contributed by atoms with Crippen LogP contribution in [0.2, 0.25) is 0 Å². The number of hydrogen-bond donors (Lipinski definition) is 2. The minimum atomic E-state index is -4.55. The number of hydrogen-bond acceptors (Lipinski definition) is 6. The van der Waals surface area contributed by atoms with Crippen molar-refractivity contribution in [2.45, 2.75) is 12.7 Å². The monoisotopic (exact) mass is 369 g/mol. The summed E-state index contributed by atoms with van der Waals surface area (Å²) in [4.78, 5) is 9.58. The molecule has 0 fully saturated rings. The Balaban J connectivity index is 2.14. The first-order chi connectivity index (χ1) is 12.3. The molecule has 2 N–H and O–H groups in total. The van der Waals surface area contributed by atoms with Crippen molar-refractivity contribution in [2.24, 2.45) is 0 Å². The van der Waals surface area contributed by atoms with E-state index in [1.165, 1.54) is 0 Å². The van der Waals surface area contributed by atoms with Crippen molar-refractivity contribution in [3.8, 4) is 5.75 Å². The fourth-order valence-electron chi connectivity index (χ4n) is 2.13. The van der Waals surface area contributed by atoms with Crippen LogP contribution in [0.25, 0.3) is 0 Å². The van der Waals surface area contributed by atoms with Crippen LogP contribution in [0.3, 0.4) is 0 Å². The number of ether oxygens (including phenoxy) is 1. The summed E-state index contributed by atoms with van der Waals surface area (Å²) < 4.78 is 44.4. The van der Waals surface area contributed by atoms with E-state index in [-0.39, 0.29) is 11.8 Å². The molecule has 0 amide bonds. The third kappa shape index (κ3) is 6.07. The minimum absolute atomic E-state index is 0.0604. The standard InChI is InChI=1S/C17H22F3N5O/c1-25(2)8-7-21-16-23-14(17(18,19)20)10-15(24-16)22-11-12-5-4-6-13(9-12)26-3/h4-6,9-10H,7-8,11H2,1-3H3,(H2,21,22,23,24). The zero-order valence-electron chi connectivity index (χ0n) is 14.9. The maximum atomic E-state index is 13.1. The summed E-state index contributed by atoms with van der Waals surface area (Å²) >= 11 is 0. The quantitative estimate of drug-likeness (QED) is 0.746. The van der Waals surface area contributed by atoms with Gasteiger partial charge >= 0.3 is 6.18 Å². The lowest BCUT2D eigenvalue weighted by Crippen LogP contribution is -2.22. The van der Waals surface area contributed by atoms with Gasteiger partial charge in [0.2, 0.25) is 5.95 Å². The Morgan fingerprint density at radius 1 is 1.12 bits per heavy atom.